The minimum Gasteiger partial charge on any atom is -0.384 e. The molecule has 1 saturated heterocycles. The van der Waals surface area contributed by atoms with E-state index in [4.69, 9.17) is 10.7 Å². The number of rotatable bonds is 2. The van der Waals surface area contributed by atoms with E-state index in [1.165, 1.54) is 12.8 Å². The van der Waals surface area contributed by atoms with Crippen LogP contribution in [0, 0.1) is 0 Å². The van der Waals surface area contributed by atoms with E-state index in [-0.39, 0.29) is 5.41 Å². The van der Waals surface area contributed by atoms with E-state index in [1.54, 1.807) is 0 Å². The van der Waals surface area contributed by atoms with Crippen molar-refractivity contribution in [3.63, 3.8) is 0 Å². The van der Waals surface area contributed by atoms with Gasteiger partial charge in [0, 0.05) is 24.1 Å². The van der Waals surface area contributed by atoms with Crippen LogP contribution in [0.5, 0.6) is 0 Å². The Hall–Kier alpha value is -1.32. The zero-order chi connectivity index (χ0) is 13.3. The molecule has 0 bridgehead atoms. The van der Waals surface area contributed by atoms with Crippen LogP contribution in [-0.4, -0.2) is 22.6 Å². The first-order chi connectivity index (χ1) is 8.41. The molecular formula is C14H24N4. The SMILES string of the molecule is CCC1CCCN1c1cc(N)nc(C(C)(C)C)n1. The highest BCUT2D eigenvalue weighted by molar-refractivity contribution is 5.49. The van der Waals surface area contributed by atoms with Crippen LogP contribution in [0.3, 0.4) is 0 Å². The Balaban J connectivity index is 2.36. The van der Waals surface area contributed by atoms with Gasteiger partial charge in [0.1, 0.15) is 17.5 Å². The molecule has 2 N–H and O–H groups in total. The molecule has 0 aliphatic carbocycles. The van der Waals surface area contributed by atoms with Gasteiger partial charge in [0.05, 0.1) is 0 Å². The second-order valence-electron chi connectivity index (χ2n) is 6.12. The summed E-state index contributed by atoms with van der Waals surface area (Å²) < 4.78 is 0. The van der Waals surface area contributed by atoms with Crippen LogP contribution >= 0.6 is 0 Å². The fraction of sp³-hybridized carbons (Fsp3) is 0.714. The van der Waals surface area contributed by atoms with Crippen LogP contribution in [0.2, 0.25) is 0 Å². The number of aromatic nitrogens is 2. The lowest BCUT2D eigenvalue weighted by Crippen LogP contribution is -2.30. The normalized spacial score (nSPS) is 20.4. The molecule has 1 aromatic rings. The van der Waals surface area contributed by atoms with Crippen molar-refractivity contribution in [2.45, 2.75) is 58.4 Å². The van der Waals surface area contributed by atoms with Gasteiger partial charge in [-0.05, 0) is 19.3 Å². The molecule has 2 rings (SSSR count). The quantitative estimate of drug-likeness (QED) is 0.874. The van der Waals surface area contributed by atoms with Gasteiger partial charge < -0.3 is 10.6 Å². The summed E-state index contributed by atoms with van der Waals surface area (Å²) in [4.78, 5) is 11.5. The molecule has 0 radical (unpaired) electrons. The van der Waals surface area contributed by atoms with Gasteiger partial charge in [-0.2, -0.15) is 0 Å². The molecule has 1 aromatic heterocycles. The lowest BCUT2D eigenvalue weighted by atomic mass is 9.96. The molecule has 4 nitrogen and oxygen atoms in total. The molecule has 2 heterocycles. The van der Waals surface area contributed by atoms with Crippen molar-refractivity contribution in [1.82, 2.24) is 9.97 Å². The van der Waals surface area contributed by atoms with Gasteiger partial charge in [-0.3, -0.25) is 0 Å². The molecule has 18 heavy (non-hydrogen) atoms. The monoisotopic (exact) mass is 248 g/mol. The summed E-state index contributed by atoms with van der Waals surface area (Å²) in [5, 5.41) is 0. The summed E-state index contributed by atoms with van der Waals surface area (Å²) in [6.45, 7) is 9.67. The molecule has 4 heteroatoms. The first kappa shape index (κ1) is 13.1. The van der Waals surface area contributed by atoms with Crippen LogP contribution in [0.1, 0.15) is 52.8 Å². The number of anilines is 2. The Morgan fingerprint density at radius 1 is 1.39 bits per heavy atom. The number of nitrogen functional groups attached to an aromatic ring is 1. The van der Waals surface area contributed by atoms with Crippen molar-refractivity contribution in [2.75, 3.05) is 17.2 Å². The van der Waals surface area contributed by atoms with Gasteiger partial charge >= 0.3 is 0 Å². The van der Waals surface area contributed by atoms with Crippen LogP contribution in [-0.2, 0) is 5.41 Å². The Kier molecular flexibility index (Phi) is 3.46. The summed E-state index contributed by atoms with van der Waals surface area (Å²) in [6, 6.07) is 2.51. The predicted molar refractivity (Wildman–Crippen MR) is 75.8 cm³/mol. The Morgan fingerprint density at radius 2 is 2.11 bits per heavy atom. The van der Waals surface area contributed by atoms with E-state index in [9.17, 15) is 0 Å². The highest BCUT2D eigenvalue weighted by Gasteiger charge is 2.26. The third-order valence-corrected chi connectivity index (χ3v) is 3.55. The van der Waals surface area contributed by atoms with Crippen LogP contribution < -0.4 is 10.6 Å². The predicted octanol–water partition coefficient (Wildman–Crippen LogP) is 2.74. The minimum absolute atomic E-state index is 0.0639. The number of hydrogen-bond donors (Lipinski definition) is 1. The van der Waals surface area contributed by atoms with Gasteiger partial charge in [-0.15, -0.1) is 0 Å². The van der Waals surface area contributed by atoms with Crippen LogP contribution in [0.4, 0.5) is 11.6 Å². The minimum atomic E-state index is -0.0639. The Bertz CT molecular complexity index is 422. The number of hydrogen-bond acceptors (Lipinski definition) is 4. The van der Waals surface area contributed by atoms with E-state index < -0.39 is 0 Å². The van der Waals surface area contributed by atoms with Crippen molar-refractivity contribution < 1.29 is 0 Å². The molecule has 1 aliphatic heterocycles. The second-order valence-corrected chi connectivity index (χ2v) is 6.12. The number of nitrogens with zero attached hydrogens (tertiary/aromatic N) is 3. The van der Waals surface area contributed by atoms with Gasteiger partial charge in [-0.25, -0.2) is 9.97 Å². The molecule has 0 saturated carbocycles. The summed E-state index contributed by atoms with van der Waals surface area (Å²) >= 11 is 0. The lowest BCUT2D eigenvalue weighted by molar-refractivity contribution is 0.543. The number of nitrogens with two attached hydrogens (primary N) is 1. The standard InChI is InChI=1S/C14H24N4/c1-5-10-7-6-8-18(10)12-9-11(15)16-13(17-12)14(2,3)4/h9-10H,5-8H2,1-4H3,(H2,15,16,17). The fourth-order valence-electron chi connectivity index (χ4n) is 2.50. The van der Waals surface area contributed by atoms with E-state index in [0.717, 1.165) is 24.6 Å². The average Bonchev–Trinajstić information content (AvgIpc) is 2.74. The summed E-state index contributed by atoms with van der Waals surface area (Å²) in [7, 11) is 0. The Morgan fingerprint density at radius 3 is 2.72 bits per heavy atom. The maximum absolute atomic E-state index is 5.93. The smallest absolute Gasteiger partial charge is 0.138 e. The lowest BCUT2D eigenvalue weighted by Gasteiger charge is -2.26. The molecule has 100 valence electrons. The maximum Gasteiger partial charge on any atom is 0.138 e. The van der Waals surface area contributed by atoms with E-state index >= 15 is 0 Å². The van der Waals surface area contributed by atoms with Crippen LogP contribution in [0.25, 0.3) is 0 Å². The van der Waals surface area contributed by atoms with E-state index in [0.29, 0.717) is 11.9 Å². The largest absolute Gasteiger partial charge is 0.384 e. The van der Waals surface area contributed by atoms with Gasteiger partial charge in [0.15, 0.2) is 0 Å². The first-order valence-corrected chi connectivity index (χ1v) is 6.83. The van der Waals surface area contributed by atoms with E-state index in [2.05, 4.69) is 37.6 Å². The molecular weight excluding hydrogens is 224 g/mol. The Labute approximate surface area is 110 Å². The zero-order valence-corrected chi connectivity index (χ0v) is 11.9. The van der Waals surface area contributed by atoms with Gasteiger partial charge in [0.25, 0.3) is 0 Å². The van der Waals surface area contributed by atoms with Crippen molar-refractivity contribution >= 4 is 11.6 Å². The summed E-state index contributed by atoms with van der Waals surface area (Å²) in [5.74, 6) is 2.41. The van der Waals surface area contributed by atoms with Gasteiger partial charge in [0.2, 0.25) is 0 Å². The first-order valence-electron chi connectivity index (χ1n) is 6.83. The summed E-state index contributed by atoms with van der Waals surface area (Å²) in [5.41, 5.74) is 5.87. The topological polar surface area (TPSA) is 55.0 Å². The summed E-state index contributed by atoms with van der Waals surface area (Å²) in [6.07, 6.45) is 3.66. The molecule has 1 atom stereocenters. The van der Waals surface area contributed by atoms with Crippen molar-refractivity contribution in [1.29, 1.82) is 0 Å². The maximum atomic E-state index is 5.93. The zero-order valence-electron chi connectivity index (χ0n) is 11.9. The molecule has 0 spiro atoms. The third kappa shape index (κ3) is 2.57. The highest BCUT2D eigenvalue weighted by atomic mass is 15.2. The molecule has 0 aromatic carbocycles. The van der Waals surface area contributed by atoms with Gasteiger partial charge in [-0.1, -0.05) is 27.7 Å². The van der Waals surface area contributed by atoms with Crippen molar-refractivity contribution in [2.24, 2.45) is 0 Å². The van der Waals surface area contributed by atoms with E-state index in [1.807, 2.05) is 6.07 Å². The average molecular weight is 248 g/mol. The second kappa shape index (κ2) is 4.75. The molecule has 1 fully saturated rings. The van der Waals surface area contributed by atoms with Crippen LogP contribution in [0.15, 0.2) is 6.07 Å². The van der Waals surface area contributed by atoms with Crippen molar-refractivity contribution in [3.8, 4) is 0 Å². The molecule has 1 aliphatic rings. The fourth-order valence-corrected chi connectivity index (χ4v) is 2.50. The molecule has 1 unspecified atom stereocenters. The highest BCUT2D eigenvalue weighted by Crippen LogP contribution is 2.29. The van der Waals surface area contributed by atoms with Crippen molar-refractivity contribution in [3.05, 3.63) is 11.9 Å². The third-order valence-electron chi connectivity index (χ3n) is 3.55. The molecule has 0 amide bonds.